The number of hydrogen-bond acceptors (Lipinski definition) is 2. The second-order valence-electron chi connectivity index (χ2n) is 5.15. The smallest absolute Gasteiger partial charge is 0.138 e. The van der Waals surface area contributed by atoms with Crippen molar-refractivity contribution < 1.29 is 4.79 Å². The van der Waals surface area contributed by atoms with Crippen LogP contribution in [0.25, 0.3) is 0 Å². The van der Waals surface area contributed by atoms with Gasteiger partial charge >= 0.3 is 0 Å². The predicted octanol–water partition coefficient (Wildman–Crippen LogP) is 4.39. The van der Waals surface area contributed by atoms with E-state index in [1.165, 1.54) is 41.9 Å². The van der Waals surface area contributed by atoms with Gasteiger partial charge in [-0.05, 0) is 24.5 Å². The van der Waals surface area contributed by atoms with E-state index in [1.54, 1.807) is 11.3 Å². The molecule has 0 aliphatic heterocycles. The third-order valence-electron chi connectivity index (χ3n) is 3.68. The zero-order valence-electron chi connectivity index (χ0n) is 10.7. The van der Waals surface area contributed by atoms with Crippen LogP contribution in [0.3, 0.4) is 0 Å². The van der Waals surface area contributed by atoms with Crippen molar-refractivity contribution in [1.82, 2.24) is 0 Å². The summed E-state index contributed by atoms with van der Waals surface area (Å²) in [6, 6.07) is 4.29. The number of carbonyl (C=O) groups excluding carboxylic acids is 1. The number of ketones is 1. The lowest BCUT2D eigenvalue weighted by atomic mass is 9.85. The highest BCUT2D eigenvalue weighted by atomic mass is 32.1. The monoisotopic (exact) mass is 250 g/mol. The highest BCUT2D eigenvalue weighted by Crippen LogP contribution is 2.27. The molecule has 2 rings (SSSR count). The Balaban J connectivity index is 1.79. The van der Waals surface area contributed by atoms with Crippen molar-refractivity contribution in [2.45, 2.75) is 58.3 Å². The number of hydrogen-bond donors (Lipinski definition) is 0. The van der Waals surface area contributed by atoms with Crippen LogP contribution in [0.1, 0.15) is 55.2 Å². The van der Waals surface area contributed by atoms with Crippen LogP contribution in [0.4, 0.5) is 0 Å². The molecule has 0 atom stereocenters. The zero-order valence-corrected chi connectivity index (χ0v) is 11.5. The van der Waals surface area contributed by atoms with Gasteiger partial charge in [0, 0.05) is 22.6 Å². The van der Waals surface area contributed by atoms with E-state index in [9.17, 15) is 4.79 Å². The summed E-state index contributed by atoms with van der Waals surface area (Å²) in [5.74, 6) is 1.13. The first-order chi connectivity index (χ1) is 8.28. The zero-order chi connectivity index (χ0) is 12.1. The molecule has 94 valence electrons. The molecule has 0 N–H and O–H groups in total. The minimum Gasteiger partial charge on any atom is -0.299 e. The lowest BCUT2D eigenvalue weighted by Crippen LogP contribution is -2.13. The molecular weight excluding hydrogens is 228 g/mol. The van der Waals surface area contributed by atoms with E-state index in [2.05, 4.69) is 19.1 Å². The SMILES string of the molecule is CCc1ccc(CC(=O)CC2CCCCC2)s1. The molecule has 1 aliphatic rings. The first kappa shape index (κ1) is 12.8. The molecule has 1 heterocycles. The fraction of sp³-hybridized carbons (Fsp3) is 0.667. The summed E-state index contributed by atoms with van der Waals surface area (Å²) in [5.41, 5.74) is 0. The normalized spacial score (nSPS) is 17.2. The van der Waals surface area contributed by atoms with Gasteiger partial charge in [0.2, 0.25) is 0 Å². The van der Waals surface area contributed by atoms with Crippen LogP contribution in [0.5, 0.6) is 0 Å². The van der Waals surface area contributed by atoms with E-state index in [0.717, 1.165) is 12.8 Å². The Hall–Kier alpha value is -0.630. The Bertz CT molecular complexity index is 361. The summed E-state index contributed by atoms with van der Waals surface area (Å²) in [5, 5.41) is 0. The van der Waals surface area contributed by atoms with Gasteiger partial charge in [-0.2, -0.15) is 0 Å². The summed E-state index contributed by atoms with van der Waals surface area (Å²) < 4.78 is 0. The summed E-state index contributed by atoms with van der Waals surface area (Å²) in [6.45, 7) is 2.17. The van der Waals surface area contributed by atoms with Crippen LogP contribution in [0, 0.1) is 5.92 Å². The highest BCUT2D eigenvalue weighted by molar-refractivity contribution is 7.12. The van der Waals surface area contributed by atoms with Gasteiger partial charge in [0.1, 0.15) is 5.78 Å². The molecule has 1 nitrogen and oxygen atoms in total. The van der Waals surface area contributed by atoms with Gasteiger partial charge in [0.05, 0.1) is 0 Å². The van der Waals surface area contributed by atoms with Crippen molar-refractivity contribution in [2.24, 2.45) is 5.92 Å². The minimum atomic E-state index is 0.446. The lowest BCUT2D eigenvalue weighted by Gasteiger charge is -2.20. The quantitative estimate of drug-likeness (QED) is 0.757. The minimum absolute atomic E-state index is 0.446. The van der Waals surface area contributed by atoms with Crippen LogP contribution in [-0.2, 0) is 17.6 Å². The Morgan fingerprint density at radius 3 is 2.59 bits per heavy atom. The molecule has 0 bridgehead atoms. The molecule has 1 fully saturated rings. The van der Waals surface area contributed by atoms with Crippen molar-refractivity contribution in [3.63, 3.8) is 0 Å². The molecule has 1 aliphatic carbocycles. The maximum Gasteiger partial charge on any atom is 0.138 e. The maximum atomic E-state index is 12.0. The van der Waals surface area contributed by atoms with E-state index in [0.29, 0.717) is 18.1 Å². The third-order valence-corrected chi connectivity index (χ3v) is 4.91. The van der Waals surface area contributed by atoms with Gasteiger partial charge in [-0.15, -0.1) is 11.3 Å². The molecule has 0 spiro atoms. The average molecular weight is 250 g/mol. The molecule has 0 unspecified atom stereocenters. The summed E-state index contributed by atoms with van der Waals surface area (Å²) in [6.07, 6.45) is 9.15. The first-order valence-electron chi connectivity index (χ1n) is 6.87. The van der Waals surface area contributed by atoms with Crippen molar-refractivity contribution in [1.29, 1.82) is 0 Å². The van der Waals surface area contributed by atoms with Crippen molar-refractivity contribution in [2.75, 3.05) is 0 Å². The van der Waals surface area contributed by atoms with Gasteiger partial charge in [-0.1, -0.05) is 39.0 Å². The Morgan fingerprint density at radius 2 is 1.94 bits per heavy atom. The van der Waals surface area contributed by atoms with Gasteiger partial charge < -0.3 is 0 Å². The molecule has 0 aromatic carbocycles. The second-order valence-corrected chi connectivity index (χ2v) is 6.40. The highest BCUT2D eigenvalue weighted by Gasteiger charge is 2.17. The van der Waals surface area contributed by atoms with E-state index >= 15 is 0 Å². The second kappa shape index (κ2) is 6.34. The molecular formula is C15H22OS. The van der Waals surface area contributed by atoms with Crippen molar-refractivity contribution in [3.05, 3.63) is 21.9 Å². The standard InChI is InChI=1S/C15H22OS/c1-2-14-8-9-15(17-14)11-13(16)10-12-6-4-3-5-7-12/h8-9,12H,2-7,10-11H2,1H3. The van der Waals surface area contributed by atoms with E-state index in [1.807, 2.05) is 0 Å². The van der Waals surface area contributed by atoms with Crippen LogP contribution in [0.2, 0.25) is 0 Å². The topological polar surface area (TPSA) is 17.1 Å². The van der Waals surface area contributed by atoms with Gasteiger partial charge in [0.25, 0.3) is 0 Å². The van der Waals surface area contributed by atoms with Gasteiger partial charge in [0.15, 0.2) is 0 Å². The number of rotatable bonds is 5. The Kier molecular flexibility index (Phi) is 4.78. The summed E-state index contributed by atoms with van der Waals surface area (Å²) >= 11 is 1.80. The lowest BCUT2D eigenvalue weighted by molar-refractivity contribution is -0.119. The van der Waals surface area contributed by atoms with Gasteiger partial charge in [-0.25, -0.2) is 0 Å². The fourth-order valence-corrected chi connectivity index (χ4v) is 3.67. The molecule has 1 aromatic rings. The molecule has 1 saturated carbocycles. The molecule has 2 heteroatoms. The largest absolute Gasteiger partial charge is 0.299 e. The van der Waals surface area contributed by atoms with Crippen LogP contribution < -0.4 is 0 Å². The number of Topliss-reactive ketones (excluding diaryl/α,β-unsaturated/α-hetero) is 1. The Labute approximate surface area is 108 Å². The van der Waals surface area contributed by atoms with E-state index in [4.69, 9.17) is 0 Å². The van der Waals surface area contributed by atoms with Crippen molar-refractivity contribution in [3.8, 4) is 0 Å². The molecule has 0 saturated heterocycles. The number of aryl methyl sites for hydroxylation is 1. The van der Waals surface area contributed by atoms with Crippen molar-refractivity contribution >= 4 is 17.1 Å². The van der Waals surface area contributed by atoms with E-state index < -0.39 is 0 Å². The van der Waals surface area contributed by atoms with E-state index in [-0.39, 0.29) is 0 Å². The number of thiophene rings is 1. The number of carbonyl (C=O) groups is 1. The van der Waals surface area contributed by atoms with Crippen LogP contribution in [0.15, 0.2) is 12.1 Å². The summed E-state index contributed by atoms with van der Waals surface area (Å²) in [7, 11) is 0. The molecule has 0 radical (unpaired) electrons. The van der Waals surface area contributed by atoms with Gasteiger partial charge in [-0.3, -0.25) is 4.79 Å². The predicted molar refractivity (Wildman–Crippen MR) is 73.6 cm³/mol. The Morgan fingerprint density at radius 1 is 1.24 bits per heavy atom. The van der Waals surface area contributed by atoms with Crippen LogP contribution >= 0.6 is 11.3 Å². The first-order valence-corrected chi connectivity index (χ1v) is 7.69. The molecule has 17 heavy (non-hydrogen) atoms. The molecule has 1 aromatic heterocycles. The van der Waals surface area contributed by atoms with Crippen LogP contribution in [-0.4, -0.2) is 5.78 Å². The maximum absolute atomic E-state index is 12.0. The third kappa shape index (κ3) is 3.95. The fourth-order valence-electron chi connectivity index (χ4n) is 2.69. The average Bonchev–Trinajstić information content (AvgIpc) is 2.78. The molecule has 0 amide bonds. The summed E-state index contributed by atoms with van der Waals surface area (Å²) in [4.78, 5) is 14.6.